The van der Waals surface area contributed by atoms with Crippen molar-refractivity contribution in [3.05, 3.63) is 89.5 Å². The van der Waals surface area contributed by atoms with Crippen LogP contribution >= 0.6 is 0 Å². The van der Waals surface area contributed by atoms with Gasteiger partial charge >= 0.3 is 0 Å². The molecule has 28 heavy (non-hydrogen) atoms. The molecule has 1 heterocycles. The Labute approximate surface area is 164 Å². The number of sulfonamides is 1. The molecule has 0 saturated carbocycles. The molecule has 1 N–H and O–H groups in total. The highest BCUT2D eigenvalue weighted by Gasteiger charge is 2.30. The molecular formula is C22H20N2O3S. The van der Waals surface area contributed by atoms with Gasteiger partial charge < -0.3 is 5.32 Å². The lowest BCUT2D eigenvalue weighted by Crippen LogP contribution is -2.29. The summed E-state index contributed by atoms with van der Waals surface area (Å²) in [6.07, 6.45) is 0.708. The van der Waals surface area contributed by atoms with Crippen molar-refractivity contribution in [2.45, 2.75) is 18.2 Å². The summed E-state index contributed by atoms with van der Waals surface area (Å²) < 4.78 is 27.5. The Morgan fingerprint density at radius 1 is 0.929 bits per heavy atom. The molecule has 0 atom stereocenters. The van der Waals surface area contributed by atoms with E-state index in [1.807, 2.05) is 43.3 Å². The topological polar surface area (TPSA) is 66.5 Å². The van der Waals surface area contributed by atoms with E-state index >= 15 is 0 Å². The maximum absolute atomic E-state index is 13.0. The summed E-state index contributed by atoms with van der Waals surface area (Å²) in [5.41, 5.74) is 3.95. The zero-order valence-corrected chi connectivity index (χ0v) is 16.2. The molecule has 4 rings (SSSR count). The SMILES string of the molecule is Cc1ccc(C(=O)Nc2ccc(S(=O)(=O)N3CCc4ccccc43)cc2)cc1. The molecule has 0 aromatic heterocycles. The molecule has 142 valence electrons. The fourth-order valence-corrected chi connectivity index (χ4v) is 4.81. The van der Waals surface area contributed by atoms with Gasteiger partial charge in [0.1, 0.15) is 0 Å². The summed E-state index contributed by atoms with van der Waals surface area (Å²) in [7, 11) is -3.63. The third-order valence-electron chi connectivity index (χ3n) is 4.86. The van der Waals surface area contributed by atoms with Gasteiger partial charge in [0.05, 0.1) is 10.6 Å². The van der Waals surface area contributed by atoms with Crippen molar-refractivity contribution in [2.24, 2.45) is 0 Å². The van der Waals surface area contributed by atoms with E-state index in [4.69, 9.17) is 0 Å². The molecule has 3 aromatic rings. The number of benzene rings is 3. The molecule has 1 aliphatic heterocycles. The third-order valence-corrected chi connectivity index (χ3v) is 6.69. The summed E-state index contributed by atoms with van der Waals surface area (Å²) in [6.45, 7) is 2.40. The Balaban J connectivity index is 1.53. The van der Waals surface area contributed by atoms with Gasteiger partial charge in [-0.25, -0.2) is 8.42 Å². The summed E-state index contributed by atoms with van der Waals surface area (Å²) in [5.74, 6) is -0.232. The van der Waals surface area contributed by atoms with Crippen LogP contribution in [0.25, 0.3) is 0 Å². The van der Waals surface area contributed by atoms with Gasteiger partial charge in [-0.3, -0.25) is 9.10 Å². The first-order valence-corrected chi connectivity index (χ1v) is 10.5. The minimum atomic E-state index is -3.63. The highest BCUT2D eigenvalue weighted by Crippen LogP contribution is 2.32. The summed E-state index contributed by atoms with van der Waals surface area (Å²) in [5, 5.41) is 2.79. The predicted octanol–water partition coefficient (Wildman–Crippen LogP) is 4.00. The average molecular weight is 392 g/mol. The first kappa shape index (κ1) is 18.3. The molecule has 6 heteroatoms. The Morgan fingerprint density at radius 3 is 2.32 bits per heavy atom. The Kier molecular flexibility index (Phi) is 4.65. The molecule has 0 spiro atoms. The Bertz CT molecular complexity index is 1120. The number of nitrogens with zero attached hydrogens (tertiary/aromatic N) is 1. The van der Waals surface area contributed by atoms with Crippen molar-refractivity contribution in [1.82, 2.24) is 0 Å². The van der Waals surface area contributed by atoms with Crippen LogP contribution in [0.15, 0.2) is 77.7 Å². The van der Waals surface area contributed by atoms with Crippen LogP contribution in [0.3, 0.4) is 0 Å². The lowest BCUT2D eigenvalue weighted by Gasteiger charge is -2.19. The van der Waals surface area contributed by atoms with Crippen LogP contribution in [0.5, 0.6) is 0 Å². The van der Waals surface area contributed by atoms with Gasteiger partial charge in [-0.2, -0.15) is 0 Å². The molecule has 1 amide bonds. The minimum absolute atomic E-state index is 0.206. The van der Waals surface area contributed by atoms with E-state index in [1.165, 1.54) is 16.4 Å². The monoisotopic (exact) mass is 392 g/mol. The number of aryl methyl sites for hydroxylation is 1. The van der Waals surface area contributed by atoms with Crippen molar-refractivity contribution in [3.63, 3.8) is 0 Å². The van der Waals surface area contributed by atoms with Gasteiger partial charge in [-0.1, -0.05) is 35.9 Å². The molecule has 3 aromatic carbocycles. The van der Waals surface area contributed by atoms with Crippen LogP contribution in [-0.2, 0) is 16.4 Å². The Morgan fingerprint density at radius 2 is 1.61 bits per heavy atom. The molecule has 0 radical (unpaired) electrons. The van der Waals surface area contributed by atoms with Crippen molar-refractivity contribution >= 4 is 27.3 Å². The number of rotatable bonds is 4. The molecule has 0 fully saturated rings. The lowest BCUT2D eigenvalue weighted by molar-refractivity contribution is 0.102. The van der Waals surface area contributed by atoms with E-state index in [0.29, 0.717) is 24.2 Å². The van der Waals surface area contributed by atoms with Gasteiger partial charge in [0.15, 0.2) is 0 Å². The highest BCUT2D eigenvalue weighted by molar-refractivity contribution is 7.92. The first-order chi connectivity index (χ1) is 13.4. The largest absolute Gasteiger partial charge is 0.322 e. The summed E-state index contributed by atoms with van der Waals surface area (Å²) in [6, 6.07) is 21.1. The number of carbonyl (C=O) groups is 1. The van der Waals surface area contributed by atoms with Crippen molar-refractivity contribution < 1.29 is 13.2 Å². The number of amides is 1. The van der Waals surface area contributed by atoms with Crippen LogP contribution < -0.4 is 9.62 Å². The predicted molar refractivity (Wildman–Crippen MR) is 110 cm³/mol. The maximum atomic E-state index is 13.0. The third kappa shape index (κ3) is 3.39. The zero-order valence-electron chi connectivity index (χ0n) is 15.4. The van der Waals surface area contributed by atoms with E-state index in [-0.39, 0.29) is 10.8 Å². The second kappa shape index (κ2) is 7.13. The van der Waals surface area contributed by atoms with Crippen LogP contribution in [0.2, 0.25) is 0 Å². The van der Waals surface area contributed by atoms with Crippen LogP contribution in [0.1, 0.15) is 21.5 Å². The van der Waals surface area contributed by atoms with Crippen molar-refractivity contribution in [2.75, 3.05) is 16.2 Å². The van der Waals surface area contributed by atoms with Crippen LogP contribution in [-0.4, -0.2) is 20.9 Å². The molecule has 0 bridgehead atoms. The second-order valence-electron chi connectivity index (χ2n) is 6.80. The first-order valence-electron chi connectivity index (χ1n) is 9.04. The van der Waals surface area contributed by atoms with E-state index in [2.05, 4.69) is 5.32 Å². The fourth-order valence-electron chi connectivity index (χ4n) is 3.30. The number of carbonyl (C=O) groups excluding carboxylic acids is 1. The number of nitrogens with one attached hydrogen (secondary N) is 1. The maximum Gasteiger partial charge on any atom is 0.264 e. The van der Waals surface area contributed by atoms with Gasteiger partial charge in [0.2, 0.25) is 0 Å². The lowest BCUT2D eigenvalue weighted by atomic mass is 10.1. The quantitative estimate of drug-likeness (QED) is 0.730. The van der Waals surface area contributed by atoms with Gasteiger partial charge in [-0.15, -0.1) is 0 Å². The van der Waals surface area contributed by atoms with E-state index in [0.717, 1.165) is 16.8 Å². The van der Waals surface area contributed by atoms with E-state index < -0.39 is 10.0 Å². The number of para-hydroxylation sites is 1. The minimum Gasteiger partial charge on any atom is -0.322 e. The number of anilines is 2. The average Bonchev–Trinajstić information content (AvgIpc) is 3.14. The standard InChI is InChI=1S/C22H20N2O3S/c1-16-6-8-18(9-7-16)22(25)23-19-10-12-20(13-11-19)28(26,27)24-15-14-17-4-2-3-5-21(17)24/h2-13H,14-15H2,1H3,(H,23,25). The number of hydrogen-bond donors (Lipinski definition) is 1. The van der Waals surface area contributed by atoms with Crippen LogP contribution in [0.4, 0.5) is 11.4 Å². The van der Waals surface area contributed by atoms with Gasteiger partial charge in [0.25, 0.3) is 15.9 Å². The van der Waals surface area contributed by atoms with Crippen molar-refractivity contribution in [1.29, 1.82) is 0 Å². The molecule has 0 aliphatic carbocycles. The van der Waals surface area contributed by atoms with E-state index in [9.17, 15) is 13.2 Å². The molecule has 1 aliphatic rings. The molecule has 5 nitrogen and oxygen atoms in total. The van der Waals surface area contributed by atoms with Crippen LogP contribution in [0, 0.1) is 6.92 Å². The zero-order chi connectivity index (χ0) is 19.7. The smallest absolute Gasteiger partial charge is 0.264 e. The fraction of sp³-hybridized carbons (Fsp3) is 0.136. The normalized spacial score (nSPS) is 13.2. The summed E-state index contributed by atoms with van der Waals surface area (Å²) >= 11 is 0. The van der Waals surface area contributed by atoms with Gasteiger partial charge in [-0.05, 0) is 61.4 Å². The second-order valence-corrected chi connectivity index (χ2v) is 8.66. The molecular weight excluding hydrogens is 372 g/mol. The van der Waals surface area contributed by atoms with Gasteiger partial charge in [0, 0.05) is 17.8 Å². The summed E-state index contributed by atoms with van der Waals surface area (Å²) in [4.78, 5) is 12.5. The van der Waals surface area contributed by atoms with E-state index in [1.54, 1.807) is 24.3 Å². The number of fused-ring (bicyclic) bond motifs is 1. The highest BCUT2D eigenvalue weighted by atomic mass is 32.2. The molecule has 0 unspecified atom stereocenters. The number of hydrogen-bond acceptors (Lipinski definition) is 3. The Hall–Kier alpha value is -3.12. The van der Waals surface area contributed by atoms with Crippen molar-refractivity contribution in [3.8, 4) is 0 Å². The molecule has 0 saturated heterocycles.